The summed E-state index contributed by atoms with van der Waals surface area (Å²) in [5.41, 5.74) is 0. The lowest BCUT2D eigenvalue weighted by molar-refractivity contribution is -0.769. The van der Waals surface area contributed by atoms with Gasteiger partial charge < -0.3 is 19.6 Å². The first-order valence-electron chi connectivity index (χ1n) is 6.31. The van der Waals surface area contributed by atoms with Gasteiger partial charge in [0.2, 0.25) is 5.91 Å². The van der Waals surface area contributed by atoms with E-state index < -0.39 is 23.4 Å². The lowest BCUT2D eigenvalue weighted by Crippen LogP contribution is -2.50. The molecular formula is C10H15N3O6S. The van der Waals surface area contributed by atoms with Crippen LogP contribution in [-0.4, -0.2) is 66.2 Å². The van der Waals surface area contributed by atoms with Crippen LogP contribution in [0.4, 0.5) is 0 Å². The van der Waals surface area contributed by atoms with Crippen molar-refractivity contribution in [3.05, 3.63) is 10.1 Å². The zero-order valence-corrected chi connectivity index (χ0v) is 11.3. The van der Waals surface area contributed by atoms with Crippen LogP contribution in [0.5, 0.6) is 0 Å². The van der Waals surface area contributed by atoms with E-state index in [1.807, 2.05) is 0 Å². The van der Waals surface area contributed by atoms with Crippen molar-refractivity contribution in [3.8, 4) is 0 Å². The molecule has 3 saturated heterocycles. The van der Waals surface area contributed by atoms with E-state index in [-0.39, 0.29) is 31.2 Å². The van der Waals surface area contributed by atoms with Gasteiger partial charge in [0.1, 0.15) is 12.2 Å². The number of ether oxygens (including phenoxy) is 2. The minimum absolute atomic E-state index is 0.0912. The van der Waals surface area contributed by atoms with Crippen LogP contribution in [0.2, 0.25) is 0 Å². The summed E-state index contributed by atoms with van der Waals surface area (Å²) in [6, 6.07) is -0.494. The summed E-state index contributed by atoms with van der Waals surface area (Å²) in [4.78, 5) is 26.9. The smallest absolute Gasteiger partial charge is 0.294 e. The Morgan fingerprint density at radius 2 is 2.20 bits per heavy atom. The highest BCUT2D eigenvalue weighted by atomic mass is 32.2. The standard InChI is InChI=1S/C10H15N3O6S/c14-10(6-3-20-4-11-6)12-5-1-17-9-7(19-13(15)16)2-18-8(5)9/h5-9,11H,1-4H2,(H,12,14)/t5-,6-,7-,8+,9+/m0/s1. The first-order chi connectivity index (χ1) is 9.65. The molecule has 9 nitrogen and oxygen atoms in total. The quantitative estimate of drug-likeness (QED) is 0.477. The maximum absolute atomic E-state index is 12.0. The molecule has 0 spiro atoms. The van der Waals surface area contributed by atoms with Crippen LogP contribution in [-0.2, 0) is 19.1 Å². The number of carbonyl (C=O) groups excluding carboxylic acids is 1. The summed E-state index contributed by atoms with van der Waals surface area (Å²) in [5.74, 6) is 1.41. The molecule has 0 radical (unpaired) electrons. The number of carbonyl (C=O) groups is 1. The molecule has 0 aliphatic carbocycles. The van der Waals surface area contributed by atoms with Crippen molar-refractivity contribution in [1.29, 1.82) is 0 Å². The number of thioether (sulfide) groups is 1. The third-order valence-corrected chi connectivity index (χ3v) is 4.53. The number of nitrogens with zero attached hydrogens (tertiary/aromatic N) is 1. The van der Waals surface area contributed by atoms with Crippen LogP contribution < -0.4 is 10.6 Å². The second-order valence-electron chi connectivity index (χ2n) is 4.85. The second-order valence-corrected chi connectivity index (χ2v) is 5.88. The van der Waals surface area contributed by atoms with Crippen molar-refractivity contribution < 1.29 is 24.2 Å². The van der Waals surface area contributed by atoms with Crippen LogP contribution in [0, 0.1) is 10.1 Å². The number of hydrogen-bond acceptors (Lipinski definition) is 8. The summed E-state index contributed by atoms with van der Waals surface area (Å²) in [5, 5.41) is 15.5. The molecule has 5 atom stereocenters. The van der Waals surface area contributed by atoms with E-state index in [9.17, 15) is 14.9 Å². The van der Waals surface area contributed by atoms with E-state index >= 15 is 0 Å². The molecule has 3 rings (SSSR count). The molecule has 2 N–H and O–H groups in total. The zero-order valence-electron chi connectivity index (χ0n) is 10.5. The SMILES string of the molecule is O=C(N[C@H]1CO[C@H]2[C@@H]1OC[C@@H]2O[N+](=O)[O-])[C@@H]1CSCN1. The molecule has 3 aliphatic heterocycles. The van der Waals surface area contributed by atoms with Crippen LogP contribution in [0.1, 0.15) is 0 Å². The average Bonchev–Trinajstić information content (AvgIpc) is 3.09. The molecule has 112 valence electrons. The van der Waals surface area contributed by atoms with Gasteiger partial charge in [-0.05, 0) is 0 Å². The fourth-order valence-electron chi connectivity index (χ4n) is 2.64. The number of nitrogens with one attached hydrogen (secondary N) is 2. The third-order valence-electron chi connectivity index (χ3n) is 3.59. The van der Waals surface area contributed by atoms with Gasteiger partial charge in [-0.25, -0.2) is 0 Å². The van der Waals surface area contributed by atoms with E-state index in [4.69, 9.17) is 9.47 Å². The Morgan fingerprint density at radius 3 is 2.90 bits per heavy atom. The molecule has 0 unspecified atom stereocenters. The normalized spacial score (nSPS) is 39.5. The van der Waals surface area contributed by atoms with Crippen LogP contribution in [0.25, 0.3) is 0 Å². The van der Waals surface area contributed by atoms with Crippen LogP contribution in [0.15, 0.2) is 0 Å². The molecule has 20 heavy (non-hydrogen) atoms. The van der Waals surface area contributed by atoms with Gasteiger partial charge in [-0.1, -0.05) is 0 Å². The first-order valence-corrected chi connectivity index (χ1v) is 7.46. The van der Waals surface area contributed by atoms with Crippen molar-refractivity contribution in [2.24, 2.45) is 0 Å². The van der Waals surface area contributed by atoms with Crippen molar-refractivity contribution in [2.75, 3.05) is 24.8 Å². The van der Waals surface area contributed by atoms with Crippen molar-refractivity contribution in [1.82, 2.24) is 10.6 Å². The third kappa shape index (κ3) is 2.68. The number of amides is 1. The Bertz CT molecular complexity index is 404. The highest BCUT2D eigenvalue weighted by molar-refractivity contribution is 7.99. The molecule has 0 aromatic heterocycles. The summed E-state index contributed by atoms with van der Waals surface area (Å²) in [7, 11) is 0. The Morgan fingerprint density at radius 1 is 1.40 bits per heavy atom. The zero-order chi connectivity index (χ0) is 14.1. The average molecular weight is 305 g/mol. The number of fused-ring (bicyclic) bond motifs is 1. The van der Waals surface area contributed by atoms with Crippen LogP contribution >= 0.6 is 11.8 Å². The predicted molar refractivity (Wildman–Crippen MR) is 67.5 cm³/mol. The van der Waals surface area contributed by atoms with Gasteiger partial charge in [0, 0.05) is 11.6 Å². The predicted octanol–water partition coefficient (Wildman–Crippen LogP) is -1.49. The van der Waals surface area contributed by atoms with E-state index in [0.29, 0.717) is 0 Å². The van der Waals surface area contributed by atoms with Gasteiger partial charge in [0.15, 0.2) is 6.10 Å². The molecule has 0 aromatic carbocycles. The van der Waals surface area contributed by atoms with Gasteiger partial charge in [-0.2, -0.15) is 0 Å². The van der Waals surface area contributed by atoms with E-state index in [0.717, 1.165) is 11.6 Å². The number of hydrogen-bond donors (Lipinski definition) is 2. The van der Waals surface area contributed by atoms with Gasteiger partial charge in [0.25, 0.3) is 5.09 Å². The fraction of sp³-hybridized carbons (Fsp3) is 0.900. The molecule has 3 heterocycles. The summed E-state index contributed by atoms with van der Waals surface area (Å²) >= 11 is 1.67. The van der Waals surface area contributed by atoms with Crippen molar-refractivity contribution in [2.45, 2.75) is 30.4 Å². The lowest BCUT2D eigenvalue weighted by atomic mass is 10.1. The molecule has 0 aromatic rings. The Kier molecular flexibility index (Phi) is 3.96. The van der Waals surface area contributed by atoms with E-state index in [1.54, 1.807) is 11.8 Å². The highest BCUT2D eigenvalue weighted by Gasteiger charge is 2.50. The van der Waals surface area contributed by atoms with E-state index in [2.05, 4.69) is 15.5 Å². The molecule has 1 amide bonds. The van der Waals surface area contributed by atoms with Gasteiger partial charge in [-0.15, -0.1) is 21.9 Å². The van der Waals surface area contributed by atoms with Gasteiger partial charge in [0.05, 0.1) is 25.3 Å². The Balaban J connectivity index is 1.55. The van der Waals surface area contributed by atoms with Crippen molar-refractivity contribution >= 4 is 17.7 Å². The Hall–Kier alpha value is -1.10. The maximum atomic E-state index is 12.0. The molecule has 3 aliphatic rings. The second kappa shape index (κ2) is 5.72. The minimum Gasteiger partial charge on any atom is -0.371 e. The summed E-state index contributed by atoms with van der Waals surface area (Å²) in [6.07, 6.45) is -1.62. The summed E-state index contributed by atoms with van der Waals surface area (Å²) < 4.78 is 10.9. The topological polar surface area (TPSA) is 112 Å². The van der Waals surface area contributed by atoms with Crippen molar-refractivity contribution in [3.63, 3.8) is 0 Å². The van der Waals surface area contributed by atoms with Crippen LogP contribution in [0.3, 0.4) is 0 Å². The molecule has 10 heteroatoms. The number of rotatable bonds is 4. The lowest BCUT2D eigenvalue weighted by Gasteiger charge is -2.19. The van der Waals surface area contributed by atoms with E-state index in [1.165, 1.54) is 0 Å². The molecule has 0 saturated carbocycles. The van der Waals surface area contributed by atoms with Gasteiger partial charge >= 0.3 is 0 Å². The maximum Gasteiger partial charge on any atom is 0.294 e. The minimum atomic E-state index is -0.842. The highest BCUT2D eigenvalue weighted by Crippen LogP contribution is 2.29. The monoisotopic (exact) mass is 305 g/mol. The molecule has 3 fully saturated rings. The fourth-order valence-corrected chi connectivity index (χ4v) is 3.58. The Labute approximate surface area is 118 Å². The first kappa shape index (κ1) is 13.9. The summed E-state index contributed by atoms with van der Waals surface area (Å²) in [6.45, 7) is 0.374. The molecular weight excluding hydrogens is 290 g/mol. The van der Waals surface area contributed by atoms with Gasteiger partial charge in [-0.3, -0.25) is 10.1 Å². The molecule has 0 bridgehead atoms. The largest absolute Gasteiger partial charge is 0.371 e.